The second-order valence-corrected chi connectivity index (χ2v) is 8.29. The van der Waals surface area contributed by atoms with Gasteiger partial charge in [-0.15, -0.1) is 0 Å². The van der Waals surface area contributed by atoms with Gasteiger partial charge in [0.25, 0.3) is 5.91 Å². The van der Waals surface area contributed by atoms with Crippen molar-refractivity contribution in [3.63, 3.8) is 0 Å². The first-order chi connectivity index (χ1) is 12.9. The van der Waals surface area contributed by atoms with Crippen LogP contribution in [0.25, 0.3) is 0 Å². The highest BCUT2D eigenvalue weighted by Crippen LogP contribution is 2.32. The number of nitrogens with zero attached hydrogens (tertiary/aromatic N) is 1. The SMILES string of the molecule is COc1cc(N2CCCS2(=O)=O)ccc1NC(=O)COc1ccc(C)cc1. The summed E-state index contributed by atoms with van der Waals surface area (Å²) in [5, 5.41) is 2.72. The van der Waals surface area contributed by atoms with Crippen molar-refractivity contribution in [2.45, 2.75) is 13.3 Å². The van der Waals surface area contributed by atoms with Gasteiger partial charge in [0.05, 0.1) is 24.2 Å². The fraction of sp³-hybridized carbons (Fsp3) is 0.316. The van der Waals surface area contributed by atoms with Crippen LogP contribution in [0.5, 0.6) is 11.5 Å². The molecule has 7 nitrogen and oxygen atoms in total. The summed E-state index contributed by atoms with van der Waals surface area (Å²) in [6, 6.07) is 12.3. The standard InChI is InChI=1S/C19H22N2O5S/c1-14-4-7-16(8-5-14)26-13-19(22)20-17-9-6-15(12-18(17)25-2)21-10-3-11-27(21,23)24/h4-9,12H,3,10-11,13H2,1-2H3,(H,20,22). The molecule has 27 heavy (non-hydrogen) atoms. The lowest BCUT2D eigenvalue weighted by atomic mass is 10.2. The highest BCUT2D eigenvalue weighted by molar-refractivity contribution is 7.93. The minimum absolute atomic E-state index is 0.143. The van der Waals surface area contributed by atoms with Crippen LogP contribution >= 0.6 is 0 Å². The molecule has 1 heterocycles. The molecule has 2 aromatic rings. The van der Waals surface area contributed by atoms with Crippen molar-refractivity contribution < 1.29 is 22.7 Å². The number of carbonyl (C=O) groups excluding carboxylic acids is 1. The number of aryl methyl sites for hydroxylation is 1. The van der Waals surface area contributed by atoms with Crippen molar-refractivity contribution in [2.24, 2.45) is 0 Å². The van der Waals surface area contributed by atoms with Crippen molar-refractivity contribution in [2.75, 3.05) is 35.6 Å². The molecule has 0 bridgehead atoms. The third-order valence-electron chi connectivity index (χ3n) is 4.24. The second kappa shape index (κ2) is 7.87. The van der Waals surface area contributed by atoms with Crippen LogP contribution in [0.3, 0.4) is 0 Å². The van der Waals surface area contributed by atoms with E-state index in [1.807, 2.05) is 19.1 Å². The molecule has 0 radical (unpaired) electrons. The van der Waals surface area contributed by atoms with Gasteiger partial charge in [0.1, 0.15) is 11.5 Å². The van der Waals surface area contributed by atoms with Crippen molar-refractivity contribution in [1.29, 1.82) is 0 Å². The lowest BCUT2D eigenvalue weighted by molar-refractivity contribution is -0.118. The molecule has 1 aliphatic rings. The molecule has 8 heteroatoms. The highest BCUT2D eigenvalue weighted by atomic mass is 32.2. The van der Waals surface area contributed by atoms with Crippen LogP contribution in [0.15, 0.2) is 42.5 Å². The molecule has 0 saturated carbocycles. The van der Waals surface area contributed by atoms with Gasteiger partial charge in [-0.1, -0.05) is 17.7 Å². The van der Waals surface area contributed by atoms with E-state index in [0.29, 0.717) is 35.8 Å². The number of carbonyl (C=O) groups is 1. The Hall–Kier alpha value is -2.74. The monoisotopic (exact) mass is 390 g/mol. The average molecular weight is 390 g/mol. The normalized spacial score (nSPS) is 15.4. The summed E-state index contributed by atoms with van der Waals surface area (Å²) >= 11 is 0. The Balaban J connectivity index is 1.67. The average Bonchev–Trinajstić information content (AvgIpc) is 3.00. The molecule has 0 aromatic heterocycles. The maximum Gasteiger partial charge on any atom is 0.262 e. The molecule has 1 aliphatic heterocycles. The maximum absolute atomic E-state index is 12.2. The van der Waals surface area contributed by atoms with Crippen LogP contribution in [0, 0.1) is 6.92 Å². The van der Waals surface area contributed by atoms with Gasteiger partial charge in [0.15, 0.2) is 6.61 Å². The molecule has 1 saturated heterocycles. The number of anilines is 2. The molecule has 0 spiro atoms. The minimum atomic E-state index is -3.27. The summed E-state index contributed by atoms with van der Waals surface area (Å²) in [5.41, 5.74) is 2.09. The summed E-state index contributed by atoms with van der Waals surface area (Å²) in [5.74, 6) is 0.801. The van der Waals surface area contributed by atoms with E-state index >= 15 is 0 Å². The first-order valence-corrected chi connectivity index (χ1v) is 10.2. The zero-order valence-electron chi connectivity index (χ0n) is 15.3. The quantitative estimate of drug-likeness (QED) is 0.819. The third kappa shape index (κ3) is 4.51. The molecule has 0 atom stereocenters. The number of benzene rings is 2. The number of rotatable bonds is 6. The largest absolute Gasteiger partial charge is 0.494 e. The van der Waals surface area contributed by atoms with E-state index in [0.717, 1.165) is 5.56 Å². The van der Waals surface area contributed by atoms with Crippen LogP contribution in [-0.2, 0) is 14.8 Å². The van der Waals surface area contributed by atoms with Gasteiger partial charge in [0.2, 0.25) is 10.0 Å². The molecule has 0 unspecified atom stereocenters. The third-order valence-corrected chi connectivity index (χ3v) is 6.11. The van der Waals surface area contributed by atoms with E-state index in [1.165, 1.54) is 11.4 Å². The predicted octanol–water partition coefficient (Wildman–Crippen LogP) is 2.56. The van der Waals surface area contributed by atoms with Crippen molar-refractivity contribution >= 4 is 27.3 Å². The molecule has 1 N–H and O–H groups in total. The van der Waals surface area contributed by atoms with E-state index in [4.69, 9.17) is 9.47 Å². The van der Waals surface area contributed by atoms with Gasteiger partial charge in [0, 0.05) is 12.6 Å². The van der Waals surface area contributed by atoms with E-state index in [1.54, 1.807) is 30.3 Å². The van der Waals surface area contributed by atoms with Crippen LogP contribution in [-0.4, -0.2) is 40.3 Å². The van der Waals surface area contributed by atoms with E-state index in [-0.39, 0.29) is 18.3 Å². The number of nitrogens with one attached hydrogen (secondary N) is 1. The lowest BCUT2D eigenvalue weighted by Crippen LogP contribution is -2.25. The molecule has 2 aromatic carbocycles. The van der Waals surface area contributed by atoms with Crippen LogP contribution in [0.1, 0.15) is 12.0 Å². The molecule has 1 amide bonds. The first kappa shape index (κ1) is 19.0. The van der Waals surface area contributed by atoms with Crippen LogP contribution in [0.2, 0.25) is 0 Å². The molecular formula is C19H22N2O5S. The summed E-state index contributed by atoms with van der Waals surface area (Å²) in [6.07, 6.45) is 0.597. The Bertz CT molecular complexity index is 926. The van der Waals surface area contributed by atoms with Gasteiger partial charge >= 0.3 is 0 Å². The first-order valence-electron chi connectivity index (χ1n) is 8.57. The fourth-order valence-electron chi connectivity index (χ4n) is 2.84. The molecule has 0 aliphatic carbocycles. The predicted molar refractivity (Wildman–Crippen MR) is 104 cm³/mol. The molecular weight excluding hydrogens is 368 g/mol. The minimum Gasteiger partial charge on any atom is -0.494 e. The Morgan fingerprint density at radius 1 is 1.19 bits per heavy atom. The molecule has 1 fully saturated rings. The number of sulfonamides is 1. The van der Waals surface area contributed by atoms with E-state index in [9.17, 15) is 13.2 Å². The summed E-state index contributed by atoms with van der Waals surface area (Å²) in [7, 11) is -1.80. The summed E-state index contributed by atoms with van der Waals surface area (Å²) < 4.78 is 36.3. The summed E-state index contributed by atoms with van der Waals surface area (Å²) in [6.45, 7) is 2.27. The van der Waals surface area contributed by atoms with E-state index < -0.39 is 10.0 Å². The van der Waals surface area contributed by atoms with Gasteiger partial charge in [-0.05, 0) is 37.6 Å². The number of hydrogen-bond donors (Lipinski definition) is 1. The fourth-order valence-corrected chi connectivity index (χ4v) is 4.39. The lowest BCUT2D eigenvalue weighted by Gasteiger charge is -2.19. The number of ether oxygens (including phenoxy) is 2. The highest BCUT2D eigenvalue weighted by Gasteiger charge is 2.29. The smallest absolute Gasteiger partial charge is 0.262 e. The zero-order valence-corrected chi connectivity index (χ0v) is 16.1. The van der Waals surface area contributed by atoms with Crippen LogP contribution < -0.4 is 19.1 Å². The Labute approximate surface area is 158 Å². The Kier molecular flexibility index (Phi) is 5.55. The molecule has 144 valence electrons. The van der Waals surface area contributed by atoms with Crippen LogP contribution in [0.4, 0.5) is 11.4 Å². The Morgan fingerprint density at radius 2 is 1.93 bits per heavy atom. The van der Waals surface area contributed by atoms with Crippen molar-refractivity contribution in [1.82, 2.24) is 0 Å². The van der Waals surface area contributed by atoms with Crippen molar-refractivity contribution in [3.8, 4) is 11.5 Å². The zero-order chi connectivity index (χ0) is 19.4. The van der Waals surface area contributed by atoms with Gasteiger partial charge in [-0.25, -0.2) is 8.42 Å². The maximum atomic E-state index is 12.2. The van der Waals surface area contributed by atoms with E-state index in [2.05, 4.69) is 5.32 Å². The van der Waals surface area contributed by atoms with Crippen molar-refractivity contribution in [3.05, 3.63) is 48.0 Å². The Morgan fingerprint density at radius 3 is 2.56 bits per heavy atom. The van der Waals surface area contributed by atoms with Gasteiger partial charge in [-0.2, -0.15) is 0 Å². The number of amides is 1. The molecule has 3 rings (SSSR count). The number of hydrogen-bond acceptors (Lipinski definition) is 5. The van der Waals surface area contributed by atoms with Gasteiger partial charge in [-0.3, -0.25) is 9.10 Å². The second-order valence-electron chi connectivity index (χ2n) is 6.28. The van der Waals surface area contributed by atoms with Gasteiger partial charge < -0.3 is 14.8 Å². The topological polar surface area (TPSA) is 84.9 Å². The summed E-state index contributed by atoms with van der Waals surface area (Å²) in [4.78, 5) is 12.2. The number of methoxy groups -OCH3 is 1.